The minimum absolute atomic E-state index is 0.0635. The number of aromatic nitrogens is 2. The summed E-state index contributed by atoms with van der Waals surface area (Å²) < 4.78 is 19.0. The number of carbonyl (C=O) groups is 1. The van der Waals surface area contributed by atoms with E-state index < -0.39 is 6.23 Å². The van der Waals surface area contributed by atoms with Gasteiger partial charge < -0.3 is 15.0 Å². The van der Waals surface area contributed by atoms with E-state index in [9.17, 15) is 9.18 Å². The number of carbonyl (C=O) groups excluding carboxylic acids is 1. The van der Waals surface area contributed by atoms with E-state index in [0.29, 0.717) is 24.3 Å². The third-order valence-electron chi connectivity index (χ3n) is 4.55. The molecule has 2 aromatic rings. The van der Waals surface area contributed by atoms with Crippen LogP contribution in [0.2, 0.25) is 0 Å². The number of anilines is 2. The average molecular weight is 358 g/mol. The summed E-state index contributed by atoms with van der Waals surface area (Å²) in [6, 6.07) is 8.06. The first-order valence-electron chi connectivity index (χ1n) is 8.70. The predicted octanol–water partition coefficient (Wildman–Crippen LogP) is 3.18. The number of aldehydes is 1. The molecule has 2 heterocycles. The fraction of sp³-hybridized carbons (Fsp3) is 0.421. The molecule has 1 aliphatic heterocycles. The van der Waals surface area contributed by atoms with Crippen LogP contribution >= 0.6 is 0 Å². The van der Waals surface area contributed by atoms with E-state index in [4.69, 9.17) is 4.74 Å². The van der Waals surface area contributed by atoms with Crippen molar-refractivity contribution in [1.82, 2.24) is 9.97 Å². The van der Waals surface area contributed by atoms with Crippen molar-refractivity contribution in [3.05, 3.63) is 47.9 Å². The van der Waals surface area contributed by atoms with Gasteiger partial charge in [0.1, 0.15) is 11.6 Å². The first-order valence-corrected chi connectivity index (χ1v) is 8.70. The predicted molar refractivity (Wildman–Crippen MR) is 97.4 cm³/mol. The molecule has 0 saturated carbocycles. The van der Waals surface area contributed by atoms with Gasteiger partial charge >= 0.3 is 0 Å². The van der Waals surface area contributed by atoms with E-state index >= 15 is 0 Å². The van der Waals surface area contributed by atoms with Crippen molar-refractivity contribution < 1.29 is 13.9 Å². The Bertz CT molecular complexity index is 771. The molecule has 0 spiro atoms. The lowest BCUT2D eigenvalue weighted by Crippen LogP contribution is -2.41. The quantitative estimate of drug-likeness (QED) is 0.800. The molecule has 3 rings (SSSR count). The Hall–Kier alpha value is -2.54. The van der Waals surface area contributed by atoms with Crippen LogP contribution in [0.3, 0.4) is 0 Å². The third kappa shape index (κ3) is 3.83. The van der Waals surface area contributed by atoms with Crippen LogP contribution in [0.1, 0.15) is 32.4 Å². The van der Waals surface area contributed by atoms with Crippen molar-refractivity contribution in [2.45, 2.75) is 39.1 Å². The molecule has 26 heavy (non-hydrogen) atoms. The smallest absolute Gasteiger partial charge is 0.225 e. The lowest BCUT2D eigenvalue weighted by Gasteiger charge is -2.29. The molecule has 1 saturated heterocycles. The molecule has 0 aliphatic carbocycles. The number of hydrogen-bond acceptors (Lipinski definition) is 6. The van der Waals surface area contributed by atoms with Crippen LogP contribution in [0.15, 0.2) is 36.5 Å². The highest BCUT2D eigenvalue weighted by molar-refractivity contribution is 5.64. The molecule has 0 radical (unpaired) electrons. The Morgan fingerprint density at radius 1 is 1.35 bits per heavy atom. The summed E-state index contributed by atoms with van der Waals surface area (Å²) in [5, 5.41) is 3.18. The Kier molecular flexibility index (Phi) is 5.46. The highest BCUT2D eigenvalue weighted by Crippen LogP contribution is 2.28. The van der Waals surface area contributed by atoms with Crippen LogP contribution in [0.25, 0.3) is 0 Å². The summed E-state index contributed by atoms with van der Waals surface area (Å²) in [6.45, 7) is 6.56. The monoisotopic (exact) mass is 358 g/mol. The molecule has 0 amide bonds. The van der Waals surface area contributed by atoms with Crippen LogP contribution < -0.4 is 10.2 Å². The van der Waals surface area contributed by atoms with Crippen molar-refractivity contribution in [2.75, 3.05) is 16.8 Å². The fourth-order valence-corrected chi connectivity index (χ4v) is 3.08. The molecule has 138 valence electrons. The van der Waals surface area contributed by atoms with Crippen molar-refractivity contribution in [3.63, 3.8) is 0 Å². The maximum absolute atomic E-state index is 13.4. The normalized spacial score (nSPS) is 21.0. The number of nitrogens with zero attached hydrogens (tertiary/aromatic N) is 3. The number of benzene rings is 1. The van der Waals surface area contributed by atoms with E-state index in [-0.39, 0.29) is 17.9 Å². The highest BCUT2D eigenvalue weighted by Gasteiger charge is 2.37. The molecule has 1 aliphatic rings. The molecule has 1 aromatic carbocycles. The molecule has 1 unspecified atom stereocenters. The number of hydrogen-bond donors (Lipinski definition) is 1. The van der Waals surface area contributed by atoms with Gasteiger partial charge in [0.2, 0.25) is 5.95 Å². The Morgan fingerprint density at radius 2 is 2.15 bits per heavy atom. The number of nitrogens with one attached hydrogen (secondary N) is 1. The van der Waals surface area contributed by atoms with E-state index in [2.05, 4.69) is 29.1 Å². The van der Waals surface area contributed by atoms with Gasteiger partial charge in [-0.25, -0.2) is 9.37 Å². The maximum atomic E-state index is 13.4. The third-order valence-corrected chi connectivity index (χ3v) is 4.55. The second kappa shape index (κ2) is 7.78. The lowest BCUT2D eigenvalue weighted by atomic mass is 10.0. The van der Waals surface area contributed by atoms with Crippen molar-refractivity contribution in [3.8, 4) is 0 Å². The summed E-state index contributed by atoms with van der Waals surface area (Å²) in [7, 11) is 0. The lowest BCUT2D eigenvalue weighted by molar-refractivity contribution is -0.115. The van der Waals surface area contributed by atoms with Crippen LogP contribution in [-0.4, -0.2) is 35.1 Å². The largest absolute Gasteiger partial charge is 0.349 e. The first-order chi connectivity index (χ1) is 12.5. The van der Waals surface area contributed by atoms with Crippen LogP contribution in [0, 0.1) is 11.7 Å². The fourth-order valence-electron chi connectivity index (χ4n) is 3.08. The zero-order valence-electron chi connectivity index (χ0n) is 15.1. The number of halogens is 1. The molecule has 3 atom stereocenters. The minimum atomic E-state index is -0.647. The second-order valence-electron chi connectivity index (χ2n) is 6.74. The van der Waals surface area contributed by atoms with Crippen LogP contribution in [0.5, 0.6) is 0 Å². The molecule has 1 aromatic heterocycles. The Morgan fingerprint density at radius 3 is 2.85 bits per heavy atom. The molecule has 6 nitrogen and oxygen atoms in total. The van der Waals surface area contributed by atoms with Crippen molar-refractivity contribution >= 4 is 18.1 Å². The Labute approximate surface area is 152 Å². The van der Waals surface area contributed by atoms with Gasteiger partial charge in [0.25, 0.3) is 0 Å². The van der Waals surface area contributed by atoms with E-state index in [1.54, 1.807) is 18.3 Å². The Balaban J connectivity index is 1.82. The molecule has 0 bridgehead atoms. The topological polar surface area (TPSA) is 67.3 Å². The van der Waals surface area contributed by atoms with Crippen LogP contribution in [-0.2, 0) is 9.53 Å². The summed E-state index contributed by atoms with van der Waals surface area (Å²) in [6.07, 6.45) is 1.78. The summed E-state index contributed by atoms with van der Waals surface area (Å²) in [5.41, 5.74) is 0.800. The molecule has 1 N–H and O–H groups in total. The number of ether oxygens (including phenoxy) is 1. The van der Waals surface area contributed by atoms with E-state index in [0.717, 1.165) is 11.8 Å². The summed E-state index contributed by atoms with van der Waals surface area (Å²) in [4.78, 5) is 22.1. The van der Waals surface area contributed by atoms with Gasteiger partial charge in [-0.1, -0.05) is 26.0 Å². The zero-order chi connectivity index (χ0) is 18.7. The van der Waals surface area contributed by atoms with Crippen molar-refractivity contribution in [2.24, 2.45) is 5.92 Å². The first kappa shape index (κ1) is 18.3. The summed E-state index contributed by atoms with van der Waals surface area (Å²) >= 11 is 0. The standard InChI is InChI=1S/C19H23FN4O2/c1-12(2)16-11-26-18(10-25)24(16)17-7-8-21-19(23-17)22-13(3)14-5-4-6-15(20)9-14/h4-10,12-13,16,18H,11H2,1-3H3,(H,21,22,23)/t13-,16-,18?/m1/s1. The minimum Gasteiger partial charge on any atom is -0.349 e. The van der Waals surface area contributed by atoms with Gasteiger partial charge in [-0.2, -0.15) is 4.98 Å². The maximum Gasteiger partial charge on any atom is 0.225 e. The SMILES string of the molecule is CC(C)[C@H]1COC(C=O)N1c1ccnc(N[C@H](C)c2cccc(F)c2)n1. The molecular weight excluding hydrogens is 335 g/mol. The van der Waals surface area contributed by atoms with Gasteiger partial charge in [-0.05, 0) is 36.6 Å². The van der Waals surface area contributed by atoms with Gasteiger partial charge in [0.05, 0.1) is 18.7 Å². The van der Waals surface area contributed by atoms with Crippen molar-refractivity contribution in [1.29, 1.82) is 0 Å². The molecular formula is C19H23FN4O2. The van der Waals surface area contributed by atoms with Gasteiger partial charge in [-0.15, -0.1) is 0 Å². The molecule has 1 fully saturated rings. The second-order valence-corrected chi connectivity index (χ2v) is 6.74. The van der Waals surface area contributed by atoms with Gasteiger partial charge in [0.15, 0.2) is 12.5 Å². The van der Waals surface area contributed by atoms with E-state index in [1.165, 1.54) is 12.1 Å². The van der Waals surface area contributed by atoms with Crippen LogP contribution in [0.4, 0.5) is 16.2 Å². The average Bonchev–Trinajstić information content (AvgIpc) is 3.06. The zero-order valence-corrected chi connectivity index (χ0v) is 15.1. The van der Waals surface area contributed by atoms with Gasteiger partial charge in [0, 0.05) is 6.20 Å². The van der Waals surface area contributed by atoms with Gasteiger partial charge in [-0.3, -0.25) is 4.79 Å². The summed E-state index contributed by atoms with van der Waals surface area (Å²) in [5.74, 6) is 1.06. The highest BCUT2D eigenvalue weighted by atomic mass is 19.1. The molecule has 7 heteroatoms. The number of rotatable bonds is 6. The van der Waals surface area contributed by atoms with E-state index in [1.807, 2.05) is 17.9 Å².